The number of nitrogens with one attached hydrogen (secondary N) is 1. The first-order chi connectivity index (χ1) is 15.1. The van der Waals surface area contributed by atoms with Crippen molar-refractivity contribution in [3.05, 3.63) is 96.3 Å². The number of para-hydroxylation sites is 2. The maximum atomic E-state index is 12.9. The number of rotatable bonds is 4. The number of nitrogens with zero attached hydrogens (tertiary/aromatic N) is 5. The van der Waals surface area contributed by atoms with Crippen LogP contribution in [-0.2, 0) is 0 Å². The summed E-state index contributed by atoms with van der Waals surface area (Å²) in [7, 11) is 0. The lowest BCUT2D eigenvalue weighted by molar-refractivity contribution is 0.102. The fraction of sp³-hybridized carbons (Fsp3) is 0.0833. The van der Waals surface area contributed by atoms with Crippen molar-refractivity contribution in [2.45, 2.75) is 13.8 Å². The minimum absolute atomic E-state index is 0.182. The quantitative estimate of drug-likeness (QED) is 0.476. The Labute approximate surface area is 179 Å². The van der Waals surface area contributed by atoms with Crippen LogP contribution in [-0.4, -0.2) is 30.0 Å². The molecule has 7 heteroatoms. The van der Waals surface area contributed by atoms with Crippen molar-refractivity contribution in [2.24, 2.45) is 0 Å². The number of aromatic nitrogens is 5. The molecule has 0 bridgehead atoms. The van der Waals surface area contributed by atoms with Gasteiger partial charge in [-0.05, 0) is 56.3 Å². The molecule has 1 N–H and O–H groups in total. The molecule has 5 rings (SSSR count). The molecule has 31 heavy (non-hydrogen) atoms. The highest BCUT2D eigenvalue weighted by atomic mass is 16.1. The highest BCUT2D eigenvalue weighted by Crippen LogP contribution is 2.21. The monoisotopic (exact) mass is 408 g/mol. The Bertz CT molecular complexity index is 1380. The van der Waals surface area contributed by atoms with E-state index in [1.54, 1.807) is 18.7 Å². The number of hydrogen-bond donors (Lipinski definition) is 1. The number of carbonyl (C=O) groups is 1. The second-order valence-corrected chi connectivity index (χ2v) is 7.27. The number of aryl methyl sites for hydroxylation is 1. The van der Waals surface area contributed by atoms with Gasteiger partial charge in [-0.1, -0.05) is 18.2 Å². The number of carbonyl (C=O) groups excluding carboxylic acids is 1. The predicted octanol–water partition coefficient (Wildman–Crippen LogP) is 4.48. The van der Waals surface area contributed by atoms with Gasteiger partial charge >= 0.3 is 0 Å². The van der Waals surface area contributed by atoms with Crippen molar-refractivity contribution in [3.8, 4) is 11.6 Å². The molecule has 0 aliphatic heterocycles. The van der Waals surface area contributed by atoms with E-state index in [0.717, 1.165) is 34.1 Å². The average Bonchev–Trinajstić information content (AvgIpc) is 3.35. The van der Waals surface area contributed by atoms with Gasteiger partial charge < -0.3 is 9.88 Å². The Balaban J connectivity index is 1.39. The Morgan fingerprint density at radius 2 is 1.74 bits per heavy atom. The summed E-state index contributed by atoms with van der Waals surface area (Å²) in [5.41, 5.74) is 4.90. The molecule has 0 unspecified atom stereocenters. The highest BCUT2D eigenvalue weighted by molar-refractivity contribution is 6.05. The number of imidazole rings is 1. The number of amides is 1. The number of benzene rings is 1. The van der Waals surface area contributed by atoms with Crippen LogP contribution in [0.15, 0.2) is 79.4 Å². The molecule has 0 spiro atoms. The molecule has 0 aliphatic carbocycles. The molecular weight excluding hydrogens is 388 g/mol. The normalized spacial score (nSPS) is 11.0. The number of hydrogen-bond acceptors (Lipinski definition) is 4. The molecule has 0 fully saturated rings. The van der Waals surface area contributed by atoms with E-state index in [4.69, 9.17) is 0 Å². The molecule has 0 aliphatic rings. The van der Waals surface area contributed by atoms with E-state index in [2.05, 4.69) is 20.3 Å². The van der Waals surface area contributed by atoms with Gasteiger partial charge in [0, 0.05) is 17.6 Å². The van der Waals surface area contributed by atoms with Crippen LogP contribution in [0.25, 0.3) is 22.7 Å². The van der Waals surface area contributed by atoms with E-state index in [9.17, 15) is 4.79 Å². The molecule has 1 aromatic carbocycles. The third kappa shape index (κ3) is 3.36. The minimum Gasteiger partial charge on any atom is -0.321 e. The summed E-state index contributed by atoms with van der Waals surface area (Å²) < 4.78 is 3.89. The lowest BCUT2D eigenvalue weighted by atomic mass is 10.2. The molecule has 0 radical (unpaired) electrons. The van der Waals surface area contributed by atoms with Gasteiger partial charge in [-0.25, -0.2) is 15.0 Å². The molecule has 0 saturated heterocycles. The molecule has 152 valence electrons. The van der Waals surface area contributed by atoms with Crippen LogP contribution in [0.4, 0.5) is 5.69 Å². The van der Waals surface area contributed by atoms with E-state index in [-0.39, 0.29) is 5.91 Å². The van der Waals surface area contributed by atoms with Gasteiger partial charge in [0.25, 0.3) is 5.91 Å². The first-order valence-electron chi connectivity index (χ1n) is 9.92. The summed E-state index contributed by atoms with van der Waals surface area (Å²) in [5.74, 6) is 1.34. The molecule has 0 saturated carbocycles. The van der Waals surface area contributed by atoms with Crippen molar-refractivity contribution >= 4 is 22.6 Å². The average molecular weight is 408 g/mol. The van der Waals surface area contributed by atoms with Crippen molar-refractivity contribution < 1.29 is 4.79 Å². The van der Waals surface area contributed by atoms with Crippen LogP contribution in [0.2, 0.25) is 0 Å². The first kappa shape index (κ1) is 18.7. The smallest absolute Gasteiger partial charge is 0.257 e. The van der Waals surface area contributed by atoms with Crippen molar-refractivity contribution in [2.75, 3.05) is 5.32 Å². The first-order valence-corrected chi connectivity index (χ1v) is 9.92. The molecule has 4 heterocycles. The summed E-state index contributed by atoms with van der Waals surface area (Å²) >= 11 is 0. The molecule has 5 aromatic rings. The van der Waals surface area contributed by atoms with Gasteiger partial charge in [-0.2, -0.15) is 0 Å². The van der Waals surface area contributed by atoms with Crippen molar-refractivity contribution in [1.29, 1.82) is 0 Å². The molecule has 1 amide bonds. The Hall–Kier alpha value is -4.26. The maximum absolute atomic E-state index is 12.9. The van der Waals surface area contributed by atoms with Crippen LogP contribution in [0.5, 0.6) is 0 Å². The third-order valence-corrected chi connectivity index (χ3v) is 5.26. The number of pyridine rings is 2. The zero-order valence-corrected chi connectivity index (χ0v) is 17.1. The van der Waals surface area contributed by atoms with E-state index >= 15 is 0 Å². The summed E-state index contributed by atoms with van der Waals surface area (Å²) in [6.07, 6.45) is 5.14. The van der Waals surface area contributed by atoms with Gasteiger partial charge in [0.1, 0.15) is 18.0 Å². The molecule has 4 aromatic heterocycles. The van der Waals surface area contributed by atoms with Gasteiger partial charge in [-0.15, -0.1) is 0 Å². The van der Waals surface area contributed by atoms with E-state index in [1.165, 1.54) is 0 Å². The SMILES string of the molecule is Cc1cc(C(=O)Nc2ccc(-n3cnc4ccccc43)nc2)c(C)n1-c1ccccn1. The van der Waals surface area contributed by atoms with Crippen LogP contribution in [0.1, 0.15) is 21.7 Å². The highest BCUT2D eigenvalue weighted by Gasteiger charge is 2.17. The van der Waals surface area contributed by atoms with Crippen LogP contribution in [0.3, 0.4) is 0 Å². The van der Waals surface area contributed by atoms with Gasteiger partial charge in [-0.3, -0.25) is 9.36 Å². The zero-order valence-electron chi connectivity index (χ0n) is 17.1. The van der Waals surface area contributed by atoms with Gasteiger partial charge in [0.15, 0.2) is 0 Å². The maximum Gasteiger partial charge on any atom is 0.257 e. The molecular formula is C24H20N6O. The largest absolute Gasteiger partial charge is 0.321 e. The van der Waals surface area contributed by atoms with E-state index in [0.29, 0.717) is 11.3 Å². The second-order valence-electron chi connectivity index (χ2n) is 7.27. The number of fused-ring (bicyclic) bond motifs is 1. The Kier molecular flexibility index (Phi) is 4.55. The van der Waals surface area contributed by atoms with E-state index < -0.39 is 0 Å². The summed E-state index contributed by atoms with van der Waals surface area (Å²) in [6.45, 7) is 3.88. The third-order valence-electron chi connectivity index (χ3n) is 5.26. The zero-order chi connectivity index (χ0) is 21.4. The van der Waals surface area contributed by atoms with Crippen LogP contribution < -0.4 is 5.32 Å². The fourth-order valence-electron chi connectivity index (χ4n) is 3.77. The predicted molar refractivity (Wildman–Crippen MR) is 120 cm³/mol. The fourth-order valence-corrected chi connectivity index (χ4v) is 3.77. The Morgan fingerprint density at radius 1 is 0.903 bits per heavy atom. The topological polar surface area (TPSA) is 77.6 Å². The molecule has 0 atom stereocenters. The standard InChI is InChI=1S/C24H20N6O/c1-16-13-19(17(2)30(16)23-9-5-6-12-25-23)24(31)28-18-10-11-22(26-14-18)29-15-27-20-7-3-4-8-21(20)29/h3-15H,1-2H3,(H,28,31). The summed E-state index contributed by atoms with van der Waals surface area (Å²) in [5, 5.41) is 2.94. The summed E-state index contributed by atoms with van der Waals surface area (Å²) in [4.78, 5) is 26.2. The summed E-state index contributed by atoms with van der Waals surface area (Å²) in [6, 6.07) is 19.2. The van der Waals surface area contributed by atoms with Crippen molar-refractivity contribution in [1.82, 2.24) is 24.1 Å². The lowest BCUT2D eigenvalue weighted by Gasteiger charge is -2.09. The minimum atomic E-state index is -0.182. The van der Waals surface area contributed by atoms with Crippen molar-refractivity contribution in [3.63, 3.8) is 0 Å². The number of anilines is 1. The Morgan fingerprint density at radius 3 is 2.52 bits per heavy atom. The molecule has 7 nitrogen and oxygen atoms in total. The second kappa shape index (κ2) is 7.53. The van der Waals surface area contributed by atoms with Gasteiger partial charge in [0.05, 0.1) is 28.5 Å². The van der Waals surface area contributed by atoms with E-state index in [1.807, 2.05) is 83.6 Å². The van der Waals surface area contributed by atoms with Crippen LogP contribution >= 0.6 is 0 Å². The van der Waals surface area contributed by atoms with Crippen LogP contribution in [0, 0.1) is 13.8 Å². The van der Waals surface area contributed by atoms with Gasteiger partial charge in [0.2, 0.25) is 0 Å². The lowest BCUT2D eigenvalue weighted by Crippen LogP contribution is -2.13.